The first kappa shape index (κ1) is 23.9. The molecule has 2 nitrogen and oxygen atoms in total. The molecule has 1 aliphatic rings. The Hall–Kier alpha value is -0.0800. The van der Waals surface area contributed by atoms with Gasteiger partial charge < -0.3 is 9.84 Å². The summed E-state index contributed by atoms with van der Waals surface area (Å²) in [6, 6.07) is 0. The first-order valence-corrected chi connectivity index (χ1v) is 10.4. The summed E-state index contributed by atoms with van der Waals surface area (Å²) in [4.78, 5) is 0. The molecule has 8 atom stereocenters. The molecule has 1 N–H and O–H groups in total. The predicted octanol–water partition coefficient (Wildman–Crippen LogP) is 6.03. The van der Waals surface area contributed by atoms with Gasteiger partial charge in [0.05, 0.1) is 6.10 Å². The summed E-state index contributed by atoms with van der Waals surface area (Å²) in [7, 11) is 0. The molecule has 8 unspecified atom stereocenters. The molecule has 2 heteroatoms. The van der Waals surface area contributed by atoms with Gasteiger partial charge in [-0.25, -0.2) is 0 Å². The maximum atomic E-state index is 9.01. The summed E-state index contributed by atoms with van der Waals surface area (Å²) in [5, 5.41) is 9.01. The van der Waals surface area contributed by atoms with Crippen LogP contribution in [-0.2, 0) is 4.74 Å². The normalized spacial score (nSPS) is 30.0. The van der Waals surface area contributed by atoms with Crippen molar-refractivity contribution < 1.29 is 9.84 Å². The first-order valence-electron chi connectivity index (χ1n) is 10.4. The second-order valence-electron chi connectivity index (χ2n) is 8.76. The lowest BCUT2D eigenvalue weighted by molar-refractivity contribution is 0.0499. The van der Waals surface area contributed by atoms with Gasteiger partial charge in [-0.15, -0.1) is 0 Å². The molecule has 1 heterocycles. The van der Waals surface area contributed by atoms with Gasteiger partial charge in [0.15, 0.2) is 0 Å². The summed E-state index contributed by atoms with van der Waals surface area (Å²) in [5.74, 6) is 4.94. The third-order valence-corrected chi connectivity index (χ3v) is 6.79. The highest BCUT2D eigenvalue weighted by molar-refractivity contribution is 4.81. The quantitative estimate of drug-likeness (QED) is 0.584. The molecular weight excluding hydrogens is 296 g/mol. The average molecular weight is 343 g/mol. The maximum Gasteiger partial charge on any atom is 0.0629 e. The highest BCUT2D eigenvalue weighted by atomic mass is 16.5. The molecule has 0 aromatic heterocycles. The average Bonchev–Trinajstić information content (AvgIpc) is 2.92. The molecule has 24 heavy (non-hydrogen) atoms. The molecule has 1 aliphatic heterocycles. The van der Waals surface area contributed by atoms with Crippen molar-refractivity contribution in [3.05, 3.63) is 0 Å². The zero-order valence-corrected chi connectivity index (χ0v) is 18.0. The molecular formula is C22H46O2. The zero-order chi connectivity index (χ0) is 18.9. The van der Waals surface area contributed by atoms with Crippen molar-refractivity contribution in [2.75, 3.05) is 13.2 Å². The third kappa shape index (κ3) is 7.87. The number of hydrogen-bond acceptors (Lipinski definition) is 2. The SMILES string of the molecule is CCC(C)C(C)CC(C)C(C)CO.CCC(C)C1OCC(C)C1C. The van der Waals surface area contributed by atoms with Crippen molar-refractivity contribution in [3.63, 3.8) is 0 Å². The lowest BCUT2D eigenvalue weighted by Gasteiger charge is -2.25. The van der Waals surface area contributed by atoms with Crippen LogP contribution in [0.3, 0.4) is 0 Å². The molecule has 0 aromatic rings. The van der Waals surface area contributed by atoms with E-state index >= 15 is 0 Å². The monoisotopic (exact) mass is 342 g/mol. The number of aliphatic hydroxyl groups excluding tert-OH is 1. The number of aliphatic hydroxyl groups is 1. The van der Waals surface area contributed by atoms with E-state index in [0.717, 1.165) is 36.2 Å². The van der Waals surface area contributed by atoms with Gasteiger partial charge in [-0.05, 0) is 47.8 Å². The van der Waals surface area contributed by atoms with Crippen molar-refractivity contribution >= 4 is 0 Å². The van der Waals surface area contributed by atoms with Gasteiger partial charge >= 0.3 is 0 Å². The molecule has 0 aromatic carbocycles. The highest BCUT2D eigenvalue weighted by Crippen LogP contribution is 2.32. The molecule has 0 bridgehead atoms. The van der Waals surface area contributed by atoms with Gasteiger partial charge in [-0.3, -0.25) is 0 Å². The first-order chi connectivity index (χ1) is 11.2. The van der Waals surface area contributed by atoms with Crippen molar-refractivity contribution in [2.45, 2.75) is 87.7 Å². The topological polar surface area (TPSA) is 29.5 Å². The second-order valence-corrected chi connectivity index (χ2v) is 8.76. The van der Waals surface area contributed by atoms with E-state index in [0.29, 0.717) is 24.5 Å². The Morgan fingerprint density at radius 3 is 1.79 bits per heavy atom. The Kier molecular flexibility index (Phi) is 12.3. The fraction of sp³-hybridized carbons (Fsp3) is 1.00. The van der Waals surface area contributed by atoms with Crippen LogP contribution in [0.4, 0.5) is 0 Å². The molecule has 0 radical (unpaired) electrons. The van der Waals surface area contributed by atoms with E-state index in [-0.39, 0.29) is 0 Å². The molecule has 1 rings (SSSR count). The summed E-state index contributed by atoms with van der Waals surface area (Å²) in [6.07, 6.45) is 4.27. The summed E-state index contributed by atoms with van der Waals surface area (Å²) < 4.78 is 5.73. The van der Waals surface area contributed by atoms with Crippen molar-refractivity contribution in [1.82, 2.24) is 0 Å². The van der Waals surface area contributed by atoms with Gasteiger partial charge in [0.25, 0.3) is 0 Å². The molecule has 1 saturated heterocycles. The van der Waals surface area contributed by atoms with Crippen molar-refractivity contribution in [1.29, 1.82) is 0 Å². The molecule has 0 saturated carbocycles. The molecule has 0 aliphatic carbocycles. The lowest BCUT2D eigenvalue weighted by Crippen LogP contribution is -2.23. The van der Waals surface area contributed by atoms with Crippen LogP contribution in [0, 0.1) is 41.4 Å². The Labute approximate surface area is 152 Å². The minimum absolute atomic E-state index is 0.328. The zero-order valence-electron chi connectivity index (χ0n) is 18.0. The van der Waals surface area contributed by atoms with Crippen LogP contribution in [0.25, 0.3) is 0 Å². The largest absolute Gasteiger partial charge is 0.396 e. The van der Waals surface area contributed by atoms with Crippen LogP contribution in [0.2, 0.25) is 0 Å². The van der Waals surface area contributed by atoms with E-state index in [1.165, 1.54) is 19.3 Å². The maximum absolute atomic E-state index is 9.01. The fourth-order valence-electron chi connectivity index (χ4n) is 3.44. The van der Waals surface area contributed by atoms with Gasteiger partial charge in [0.1, 0.15) is 0 Å². The van der Waals surface area contributed by atoms with E-state index in [9.17, 15) is 0 Å². The van der Waals surface area contributed by atoms with Crippen LogP contribution in [0.1, 0.15) is 81.6 Å². The van der Waals surface area contributed by atoms with E-state index < -0.39 is 0 Å². The lowest BCUT2D eigenvalue weighted by atomic mass is 9.82. The fourth-order valence-corrected chi connectivity index (χ4v) is 3.44. The van der Waals surface area contributed by atoms with Gasteiger partial charge in [-0.2, -0.15) is 0 Å². The van der Waals surface area contributed by atoms with Crippen LogP contribution >= 0.6 is 0 Å². The molecule has 0 spiro atoms. The van der Waals surface area contributed by atoms with E-state index in [2.05, 4.69) is 62.3 Å². The molecule has 1 fully saturated rings. The summed E-state index contributed by atoms with van der Waals surface area (Å²) >= 11 is 0. The summed E-state index contributed by atoms with van der Waals surface area (Å²) in [6.45, 7) is 21.7. The van der Waals surface area contributed by atoms with Gasteiger partial charge in [0, 0.05) is 13.2 Å². The minimum atomic E-state index is 0.328. The van der Waals surface area contributed by atoms with E-state index in [4.69, 9.17) is 9.84 Å². The Morgan fingerprint density at radius 1 is 0.875 bits per heavy atom. The summed E-state index contributed by atoms with van der Waals surface area (Å²) in [5.41, 5.74) is 0. The van der Waals surface area contributed by atoms with Crippen LogP contribution < -0.4 is 0 Å². The third-order valence-electron chi connectivity index (χ3n) is 6.79. The smallest absolute Gasteiger partial charge is 0.0629 e. The number of ether oxygens (including phenoxy) is 1. The van der Waals surface area contributed by atoms with Crippen LogP contribution in [0.15, 0.2) is 0 Å². The number of hydrogen-bond donors (Lipinski definition) is 1. The van der Waals surface area contributed by atoms with Crippen molar-refractivity contribution in [3.8, 4) is 0 Å². The molecule has 146 valence electrons. The Balaban J connectivity index is 0.000000446. The van der Waals surface area contributed by atoms with Gasteiger partial charge in [0.2, 0.25) is 0 Å². The Morgan fingerprint density at radius 2 is 1.42 bits per heavy atom. The predicted molar refractivity (Wildman–Crippen MR) is 106 cm³/mol. The Bertz CT molecular complexity index is 290. The van der Waals surface area contributed by atoms with Crippen LogP contribution in [-0.4, -0.2) is 24.4 Å². The highest BCUT2D eigenvalue weighted by Gasteiger charge is 2.33. The van der Waals surface area contributed by atoms with Crippen molar-refractivity contribution in [2.24, 2.45) is 41.4 Å². The number of rotatable bonds is 8. The molecule has 0 amide bonds. The second kappa shape index (κ2) is 12.3. The van der Waals surface area contributed by atoms with Gasteiger partial charge in [-0.1, -0.05) is 75.2 Å². The standard InChI is InChI=1S/C12H26O.C10H20O/c1-6-9(2)10(3)7-11(4)12(5)8-13;1-5-7(2)10-9(4)8(3)6-11-10/h9-13H,6-8H2,1-5H3;7-10H,5-6H2,1-4H3. The van der Waals surface area contributed by atoms with E-state index in [1.807, 2.05) is 0 Å². The van der Waals surface area contributed by atoms with Crippen LogP contribution in [0.5, 0.6) is 0 Å². The van der Waals surface area contributed by atoms with E-state index in [1.54, 1.807) is 0 Å². The minimum Gasteiger partial charge on any atom is -0.396 e.